The zero-order valence-electron chi connectivity index (χ0n) is 15.6. The lowest BCUT2D eigenvalue weighted by Gasteiger charge is -2.19. The Labute approximate surface area is 172 Å². The number of ether oxygens (including phenoxy) is 2. The molecule has 156 valence electrons. The van der Waals surface area contributed by atoms with E-state index in [4.69, 9.17) is 21.1 Å². The van der Waals surface area contributed by atoms with E-state index in [0.29, 0.717) is 0 Å². The van der Waals surface area contributed by atoms with Crippen molar-refractivity contribution in [1.29, 1.82) is 0 Å². The van der Waals surface area contributed by atoms with Crippen LogP contribution in [0.25, 0.3) is 0 Å². The van der Waals surface area contributed by atoms with Gasteiger partial charge in [-0.25, -0.2) is 13.1 Å². The van der Waals surface area contributed by atoms with E-state index in [0.717, 1.165) is 0 Å². The minimum Gasteiger partial charge on any atom is -0.495 e. The fraction of sp³-hybridized carbons (Fsp3) is 0.278. The van der Waals surface area contributed by atoms with E-state index in [2.05, 4.69) is 4.72 Å². The van der Waals surface area contributed by atoms with Crippen LogP contribution in [0.5, 0.6) is 5.75 Å². The van der Waals surface area contributed by atoms with Gasteiger partial charge in [0, 0.05) is 18.2 Å². The fourth-order valence-corrected chi connectivity index (χ4v) is 3.97. The Morgan fingerprint density at radius 2 is 2.00 bits per heavy atom. The molecule has 0 unspecified atom stereocenters. The van der Waals surface area contributed by atoms with E-state index in [-0.39, 0.29) is 39.9 Å². The molecule has 0 spiro atoms. The van der Waals surface area contributed by atoms with Crippen molar-refractivity contribution in [3.8, 4) is 5.75 Å². The van der Waals surface area contributed by atoms with Gasteiger partial charge in [-0.3, -0.25) is 14.9 Å². The third-order valence-corrected chi connectivity index (χ3v) is 5.67. The zero-order chi connectivity index (χ0) is 21.6. The van der Waals surface area contributed by atoms with Crippen LogP contribution in [0.15, 0.2) is 47.4 Å². The predicted octanol–water partition coefficient (Wildman–Crippen LogP) is 3.23. The predicted molar refractivity (Wildman–Crippen MR) is 105 cm³/mol. The van der Waals surface area contributed by atoms with Gasteiger partial charge in [0.1, 0.15) is 5.75 Å². The van der Waals surface area contributed by atoms with Crippen LogP contribution >= 0.6 is 11.6 Å². The average Bonchev–Trinajstić information content (AvgIpc) is 2.67. The van der Waals surface area contributed by atoms with Crippen LogP contribution in [0.4, 0.5) is 5.69 Å². The molecule has 2 aromatic rings. The molecule has 0 radical (unpaired) electrons. The van der Waals surface area contributed by atoms with Gasteiger partial charge in [-0.1, -0.05) is 23.7 Å². The summed E-state index contributed by atoms with van der Waals surface area (Å²) >= 11 is 5.93. The van der Waals surface area contributed by atoms with Gasteiger partial charge in [-0.05, 0) is 24.6 Å². The summed E-state index contributed by atoms with van der Waals surface area (Å²) in [5.74, 6) is -0.493. The summed E-state index contributed by atoms with van der Waals surface area (Å²) < 4.78 is 38.1. The number of rotatable bonds is 9. The number of esters is 1. The van der Waals surface area contributed by atoms with Crippen molar-refractivity contribution in [2.75, 3.05) is 13.7 Å². The number of hydrogen-bond acceptors (Lipinski definition) is 7. The summed E-state index contributed by atoms with van der Waals surface area (Å²) in [6.45, 7) is 1.73. The summed E-state index contributed by atoms with van der Waals surface area (Å²) in [4.78, 5) is 22.3. The number of benzene rings is 2. The Morgan fingerprint density at radius 1 is 1.28 bits per heavy atom. The van der Waals surface area contributed by atoms with Crippen LogP contribution in [0.2, 0.25) is 5.02 Å². The van der Waals surface area contributed by atoms with Gasteiger partial charge in [0.05, 0.1) is 41.0 Å². The Morgan fingerprint density at radius 3 is 2.62 bits per heavy atom. The molecule has 2 aromatic carbocycles. The molecule has 0 aliphatic heterocycles. The maximum Gasteiger partial charge on any atom is 0.307 e. The molecule has 29 heavy (non-hydrogen) atoms. The second kappa shape index (κ2) is 9.68. The minimum absolute atomic E-state index is 0.113. The van der Waals surface area contributed by atoms with E-state index in [1.807, 2.05) is 0 Å². The Hall–Kier alpha value is -2.69. The highest BCUT2D eigenvalue weighted by Gasteiger charge is 2.26. The van der Waals surface area contributed by atoms with Crippen molar-refractivity contribution in [2.24, 2.45) is 0 Å². The number of methoxy groups -OCH3 is 1. The Bertz CT molecular complexity index is 1010. The smallest absolute Gasteiger partial charge is 0.307 e. The van der Waals surface area contributed by atoms with E-state index in [9.17, 15) is 23.3 Å². The lowest BCUT2D eigenvalue weighted by Crippen LogP contribution is -2.31. The molecule has 0 saturated carbocycles. The molecule has 2 rings (SSSR count). The number of sulfonamides is 1. The average molecular weight is 443 g/mol. The highest BCUT2D eigenvalue weighted by molar-refractivity contribution is 7.89. The van der Waals surface area contributed by atoms with Crippen LogP contribution in [0, 0.1) is 10.1 Å². The van der Waals surface area contributed by atoms with Crippen molar-refractivity contribution >= 4 is 33.3 Å². The van der Waals surface area contributed by atoms with Gasteiger partial charge in [0.15, 0.2) is 0 Å². The van der Waals surface area contributed by atoms with Gasteiger partial charge in [0.25, 0.3) is 5.69 Å². The molecular weight excluding hydrogens is 424 g/mol. The number of hydrogen-bond donors (Lipinski definition) is 1. The lowest BCUT2D eigenvalue weighted by molar-refractivity contribution is -0.384. The summed E-state index contributed by atoms with van der Waals surface area (Å²) in [6.07, 6.45) is -0.348. The van der Waals surface area contributed by atoms with Crippen molar-refractivity contribution in [3.63, 3.8) is 0 Å². The highest BCUT2D eigenvalue weighted by atomic mass is 35.5. The molecule has 1 atom stereocenters. The van der Waals surface area contributed by atoms with Crippen molar-refractivity contribution < 1.29 is 27.6 Å². The van der Waals surface area contributed by atoms with E-state index in [1.54, 1.807) is 6.92 Å². The molecule has 1 N–H and O–H groups in total. The van der Waals surface area contributed by atoms with Crippen LogP contribution < -0.4 is 9.46 Å². The van der Waals surface area contributed by atoms with Gasteiger partial charge >= 0.3 is 5.97 Å². The summed E-state index contributed by atoms with van der Waals surface area (Å²) in [5.41, 5.74) is 0.0143. The molecule has 0 saturated heterocycles. The third-order valence-electron chi connectivity index (χ3n) is 3.89. The van der Waals surface area contributed by atoms with Gasteiger partial charge in [-0.2, -0.15) is 0 Å². The normalized spacial score (nSPS) is 12.2. The molecule has 11 heteroatoms. The molecule has 0 bridgehead atoms. The van der Waals surface area contributed by atoms with E-state index in [1.165, 1.54) is 49.6 Å². The quantitative estimate of drug-likeness (QED) is 0.359. The van der Waals surface area contributed by atoms with Crippen LogP contribution in [0.1, 0.15) is 24.9 Å². The Balaban J connectivity index is 2.42. The maximum atomic E-state index is 12.9. The fourth-order valence-electron chi connectivity index (χ4n) is 2.53. The number of carbonyl (C=O) groups is 1. The van der Waals surface area contributed by atoms with Gasteiger partial charge in [-0.15, -0.1) is 0 Å². The van der Waals surface area contributed by atoms with Crippen LogP contribution in [0.3, 0.4) is 0 Å². The van der Waals surface area contributed by atoms with Crippen molar-refractivity contribution in [1.82, 2.24) is 4.72 Å². The molecule has 0 amide bonds. The number of nitrogens with one attached hydrogen (secondary N) is 1. The standard InChI is InChI=1S/C18H19ClN2O7S/c1-3-28-18(22)11-16(12-5-4-6-13(9-12)21(23)24)20-29(25,26)14-7-8-15(19)17(10-14)27-2/h4-10,16,20H,3,11H2,1-2H3/t16-/m0/s1. The SMILES string of the molecule is CCOC(=O)C[C@H](NS(=O)(=O)c1ccc(Cl)c(OC)c1)c1cccc([N+](=O)[O-])c1. The topological polar surface area (TPSA) is 125 Å². The molecule has 0 aromatic heterocycles. The maximum absolute atomic E-state index is 12.9. The number of nitrogens with zero attached hydrogens (tertiary/aromatic N) is 1. The molecule has 0 aliphatic rings. The second-order valence-electron chi connectivity index (χ2n) is 5.83. The van der Waals surface area contributed by atoms with E-state index >= 15 is 0 Å². The van der Waals surface area contributed by atoms with Gasteiger partial charge < -0.3 is 9.47 Å². The highest BCUT2D eigenvalue weighted by Crippen LogP contribution is 2.29. The Kier molecular flexibility index (Phi) is 7.54. The number of nitro benzene ring substituents is 1. The first-order valence-corrected chi connectivity index (χ1v) is 10.3. The first kappa shape index (κ1) is 22.6. The molecular formula is C18H19ClN2O7S. The second-order valence-corrected chi connectivity index (χ2v) is 7.95. The number of nitro groups is 1. The first-order chi connectivity index (χ1) is 13.7. The van der Waals surface area contributed by atoms with Gasteiger partial charge in [0.2, 0.25) is 10.0 Å². The molecule has 9 nitrogen and oxygen atoms in total. The van der Waals surface area contributed by atoms with Crippen molar-refractivity contribution in [2.45, 2.75) is 24.3 Å². The lowest BCUT2D eigenvalue weighted by atomic mass is 10.0. The molecule has 0 aliphatic carbocycles. The zero-order valence-corrected chi connectivity index (χ0v) is 17.2. The molecule has 0 heterocycles. The van der Waals surface area contributed by atoms with Crippen LogP contribution in [-0.2, 0) is 19.6 Å². The summed E-state index contributed by atoms with van der Waals surface area (Å²) in [7, 11) is -2.77. The number of carbonyl (C=O) groups excluding carboxylic acids is 1. The first-order valence-electron chi connectivity index (χ1n) is 8.43. The number of halogens is 1. The largest absolute Gasteiger partial charge is 0.495 e. The number of non-ortho nitro benzene ring substituents is 1. The van der Waals surface area contributed by atoms with E-state index < -0.39 is 27.0 Å². The van der Waals surface area contributed by atoms with Crippen molar-refractivity contribution in [3.05, 3.63) is 63.2 Å². The summed E-state index contributed by atoms with van der Waals surface area (Å²) in [6, 6.07) is 8.16. The minimum atomic E-state index is -4.12. The van der Waals surface area contributed by atoms with Crippen LogP contribution in [-0.4, -0.2) is 33.0 Å². The monoisotopic (exact) mass is 442 g/mol. The third kappa shape index (κ3) is 5.89. The molecule has 0 fully saturated rings. The summed E-state index contributed by atoms with van der Waals surface area (Å²) in [5, 5.41) is 11.3.